The summed E-state index contributed by atoms with van der Waals surface area (Å²) in [5, 5.41) is 2.67. The SMILES string of the molecule is CCOC(=O)c1csc(Cc2cc(C)c(N=CN(C)CC)cc2C)n1. The second-order valence-corrected chi connectivity index (χ2v) is 6.85. The van der Waals surface area contributed by atoms with Gasteiger partial charge in [0.2, 0.25) is 0 Å². The van der Waals surface area contributed by atoms with Crippen LogP contribution in [0.3, 0.4) is 0 Å². The monoisotopic (exact) mass is 359 g/mol. The van der Waals surface area contributed by atoms with Crippen molar-refractivity contribution in [3.8, 4) is 0 Å². The third-order valence-corrected chi connectivity index (χ3v) is 4.77. The molecule has 0 saturated carbocycles. The van der Waals surface area contributed by atoms with Gasteiger partial charge in [-0.3, -0.25) is 0 Å². The average molecular weight is 359 g/mol. The number of carbonyl (C=O) groups excluding carboxylic acids is 1. The Balaban J connectivity index is 2.17. The standard InChI is InChI=1S/C19H25N3O2S/c1-6-22(5)12-20-16-9-13(3)15(8-14(16)4)10-18-21-17(11-25-18)19(23)24-7-2/h8-9,11-12H,6-7,10H2,1-5H3. The van der Waals surface area contributed by atoms with Gasteiger partial charge in [0.1, 0.15) is 0 Å². The minimum atomic E-state index is -0.359. The van der Waals surface area contributed by atoms with Crippen LogP contribution in [-0.2, 0) is 11.2 Å². The molecule has 2 aromatic rings. The summed E-state index contributed by atoms with van der Waals surface area (Å²) in [5.41, 5.74) is 4.87. The van der Waals surface area contributed by atoms with Gasteiger partial charge in [-0.25, -0.2) is 14.8 Å². The van der Waals surface area contributed by atoms with E-state index in [9.17, 15) is 4.79 Å². The maximum atomic E-state index is 11.7. The van der Waals surface area contributed by atoms with Crippen LogP contribution in [0.25, 0.3) is 0 Å². The van der Waals surface area contributed by atoms with Crippen molar-refractivity contribution >= 4 is 29.3 Å². The fourth-order valence-electron chi connectivity index (χ4n) is 2.29. The summed E-state index contributed by atoms with van der Waals surface area (Å²) in [7, 11) is 2.00. The van der Waals surface area contributed by atoms with Gasteiger partial charge in [-0.05, 0) is 50.5 Å². The number of carbonyl (C=O) groups is 1. The first-order chi connectivity index (χ1) is 11.9. The number of esters is 1. The topological polar surface area (TPSA) is 54.8 Å². The lowest BCUT2D eigenvalue weighted by atomic mass is 10.0. The molecule has 134 valence electrons. The van der Waals surface area contributed by atoms with E-state index < -0.39 is 0 Å². The molecule has 2 rings (SSSR count). The Hall–Kier alpha value is -2.21. The molecular weight excluding hydrogens is 334 g/mol. The van der Waals surface area contributed by atoms with E-state index in [1.807, 2.05) is 18.3 Å². The normalized spacial score (nSPS) is 11.1. The van der Waals surface area contributed by atoms with Gasteiger partial charge in [-0.15, -0.1) is 11.3 Å². The van der Waals surface area contributed by atoms with Crippen molar-refractivity contribution < 1.29 is 9.53 Å². The van der Waals surface area contributed by atoms with Gasteiger partial charge in [0, 0.05) is 25.4 Å². The molecule has 6 heteroatoms. The highest BCUT2D eigenvalue weighted by Gasteiger charge is 2.13. The van der Waals surface area contributed by atoms with Crippen molar-refractivity contribution in [2.45, 2.75) is 34.1 Å². The smallest absolute Gasteiger partial charge is 0.357 e. The summed E-state index contributed by atoms with van der Waals surface area (Å²) < 4.78 is 4.99. The predicted molar refractivity (Wildman–Crippen MR) is 103 cm³/mol. The predicted octanol–water partition coefficient (Wildman–Crippen LogP) is 4.14. The van der Waals surface area contributed by atoms with Crippen LogP contribution in [0.5, 0.6) is 0 Å². The van der Waals surface area contributed by atoms with E-state index >= 15 is 0 Å². The largest absolute Gasteiger partial charge is 0.461 e. The van der Waals surface area contributed by atoms with Crippen LogP contribution in [0.15, 0.2) is 22.5 Å². The number of nitrogens with zero attached hydrogens (tertiary/aromatic N) is 3. The molecule has 0 spiro atoms. The van der Waals surface area contributed by atoms with Crippen molar-refractivity contribution in [2.75, 3.05) is 20.2 Å². The molecule has 0 unspecified atom stereocenters. The van der Waals surface area contributed by atoms with Crippen molar-refractivity contribution in [3.05, 3.63) is 44.9 Å². The Morgan fingerprint density at radius 1 is 1.32 bits per heavy atom. The second kappa shape index (κ2) is 8.76. The Bertz CT molecular complexity index is 768. The number of aliphatic imine (C=N–C) groups is 1. The van der Waals surface area contributed by atoms with E-state index in [4.69, 9.17) is 4.74 Å². The van der Waals surface area contributed by atoms with Gasteiger partial charge in [0.05, 0.1) is 23.6 Å². The van der Waals surface area contributed by atoms with Crippen molar-refractivity contribution in [1.29, 1.82) is 0 Å². The molecule has 25 heavy (non-hydrogen) atoms. The van der Waals surface area contributed by atoms with Gasteiger partial charge < -0.3 is 9.64 Å². The van der Waals surface area contributed by atoms with Crippen LogP contribution >= 0.6 is 11.3 Å². The lowest BCUT2D eigenvalue weighted by Crippen LogP contribution is -2.14. The number of thiazole rings is 1. The summed E-state index contributed by atoms with van der Waals surface area (Å²) in [6.45, 7) is 9.31. The molecule has 0 aliphatic rings. The van der Waals surface area contributed by atoms with E-state index in [1.54, 1.807) is 12.3 Å². The molecule has 0 atom stereocenters. The van der Waals surface area contributed by atoms with Gasteiger partial charge >= 0.3 is 5.97 Å². The number of aromatic nitrogens is 1. The molecule has 0 aliphatic carbocycles. The summed E-state index contributed by atoms with van der Waals surface area (Å²) in [6.07, 6.45) is 2.56. The summed E-state index contributed by atoms with van der Waals surface area (Å²) in [6, 6.07) is 4.25. The zero-order chi connectivity index (χ0) is 18.4. The number of ether oxygens (including phenoxy) is 1. The van der Waals surface area contributed by atoms with Crippen LogP contribution in [-0.4, -0.2) is 42.4 Å². The lowest BCUT2D eigenvalue weighted by molar-refractivity contribution is 0.0520. The molecule has 5 nitrogen and oxygen atoms in total. The molecule has 0 amide bonds. The molecule has 0 N–H and O–H groups in total. The first kappa shape index (κ1) is 19.1. The minimum absolute atomic E-state index is 0.359. The van der Waals surface area contributed by atoms with Gasteiger partial charge in [-0.1, -0.05) is 6.07 Å². The molecule has 0 bridgehead atoms. The highest BCUT2D eigenvalue weighted by atomic mass is 32.1. The Morgan fingerprint density at radius 2 is 2.08 bits per heavy atom. The van der Waals surface area contributed by atoms with Gasteiger partial charge in [0.25, 0.3) is 0 Å². The summed E-state index contributed by atoms with van der Waals surface area (Å²) in [4.78, 5) is 22.7. The van der Waals surface area contributed by atoms with E-state index in [1.165, 1.54) is 22.5 Å². The summed E-state index contributed by atoms with van der Waals surface area (Å²) in [5.74, 6) is -0.359. The Kier molecular flexibility index (Phi) is 6.70. The minimum Gasteiger partial charge on any atom is -0.461 e. The zero-order valence-electron chi connectivity index (χ0n) is 15.5. The first-order valence-corrected chi connectivity index (χ1v) is 9.28. The third-order valence-electron chi connectivity index (χ3n) is 3.93. The van der Waals surface area contributed by atoms with Crippen LogP contribution in [0.1, 0.15) is 46.0 Å². The lowest BCUT2D eigenvalue weighted by Gasteiger charge is -2.11. The second-order valence-electron chi connectivity index (χ2n) is 5.91. The summed E-state index contributed by atoms with van der Waals surface area (Å²) >= 11 is 1.49. The maximum Gasteiger partial charge on any atom is 0.357 e. The first-order valence-electron chi connectivity index (χ1n) is 8.40. The molecular formula is C19H25N3O2S. The molecule has 0 fully saturated rings. The van der Waals surface area contributed by atoms with Crippen LogP contribution in [0.2, 0.25) is 0 Å². The number of rotatable bonds is 7. The maximum absolute atomic E-state index is 11.7. The Labute approximate surface area is 153 Å². The van der Waals surface area contributed by atoms with E-state index in [2.05, 4.69) is 42.9 Å². The molecule has 1 aromatic heterocycles. The Morgan fingerprint density at radius 3 is 2.76 bits per heavy atom. The average Bonchev–Trinajstić information content (AvgIpc) is 3.05. The number of hydrogen-bond donors (Lipinski definition) is 0. The van der Waals surface area contributed by atoms with Crippen LogP contribution < -0.4 is 0 Å². The van der Waals surface area contributed by atoms with Crippen molar-refractivity contribution in [1.82, 2.24) is 9.88 Å². The zero-order valence-corrected chi connectivity index (χ0v) is 16.3. The van der Waals surface area contributed by atoms with Gasteiger partial charge in [-0.2, -0.15) is 0 Å². The van der Waals surface area contributed by atoms with Gasteiger partial charge in [0.15, 0.2) is 5.69 Å². The van der Waals surface area contributed by atoms with Crippen molar-refractivity contribution in [3.63, 3.8) is 0 Å². The number of hydrogen-bond acceptors (Lipinski definition) is 5. The molecule has 1 heterocycles. The third kappa shape index (κ3) is 5.13. The molecule has 0 aliphatic heterocycles. The molecule has 0 saturated heterocycles. The number of benzene rings is 1. The number of aryl methyl sites for hydroxylation is 2. The van der Waals surface area contributed by atoms with E-state index in [0.29, 0.717) is 18.7 Å². The fraction of sp³-hybridized carbons (Fsp3) is 0.421. The van der Waals surface area contributed by atoms with Crippen LogP contribution in [0.4, 0.5) is 5.69 Å². The fourth-order valence-corrected chi connectivity index (χ4v) is 3.07. The highest BCUT2D eigenvalue weighted by molar-refractivity contribution is 7.09. The van der Waals surface area contributed by atoms with E-state index in [-0.39, 0.29) is 5.97 Å². The highest BCUT2D eigenvalue weighted by Crippen LogP contribution is 2.26. The van der Waals surface area contributed by atoms with E-state index in [0.717, 1.165) is 22.8 Å². The van der Waals surface area contributed by atoms with Crippen molar-refractivity contribution in [2.24, 2.45) is 4.99 Å². The molecule has 0 radical (unpaired) electrons. The van der Waals surface area contributed by atoms with Crippen LogP contribution in [0, 0.1) is 13.8 Å². The quantitative estimate of drug-likeness (QED) is 0.423. The molecule has 1 aromatic carbocycles.